The number of hydrogen-bond donors (Lipinski definition) is 0. The van der Waals surface area contributed by atoms with Crippen molar-refractivity contribution in [3.8, 4) is 11.5 Å². The molecule has 0 spiro atoms. The number of Topliss-reactive ketones (excluding diaryl/α,β-unsaturated/α-hetero) is 1. The normalized spacial score (nSPS) is 15.7. The van der Waals surface area contributed by atoms with E-state index < -0.39 is 0 Å². The van der Waals surface area contributed by atoms with Crippen molar-refractivity contribution in [2.24, 2.45) is 0 Å². The molecule has 1 aromatic heterocycles. The van der Waals surface area contributed by atoms with Crippen LogP contribution in [0.3, 0.4) is 0 Å². The van der Waals surface area contributed by atoms with Crippen molar-refractivity contribution in [2.45, 2.75) is 13.3 Å². The van der Waals surface area contributed by atoms with Gasteiger partial charge in [-0.1, -0.05) is 11.4 Å². The van der Waals surface area contributed by atoms with Gasteiger partial charge in [-0.2, -0.15) is 0 Å². The molecule has 0 amide bonds. The average Bonchev–Trinajstić information content (AvgIpc) is 3.01. The second-order valence-electron chi connectivity index (χ2n) is 4.62. The molecule has 0 unspecified atom stereocenters. The molecule has 2 heterocycles. The van der Waals surface area contributed by atoms with Crippen LogP contribution in [0.4, 0.5) is 0 Å². The first-order valence-corrected chi connectivity index (χ1v) is 7.53. The van der Waals surface area contributed by atoms with Gasteiger partial charge < -0.3 is 9.47 Å². The molecule has 0 fully saturated rings. The highest BCUT2D eigenvalue weighted by atomic mass is 32.1. The summed E-state index contributed by atoms with van der Waals surface area (Å²) in [6.45, 7) is 2.91. The van der Waals surface area contributed by atoms with E-state index in [4.69, 9.17) is 9.47 Å². The van der Waals surface area contributed by atoms with Crippen molar-refractivity contribution in [1.82, 2.24) is 9.59 Å². The number of ether oxygens (including phenoxy) is 2. The van der Waals surface area contributed by atoms with Crippen molar-refractivity contribution in [3.63, 3.8) is 0 Å². The number of benzene rings is 1. The molecule has 0 bridgehead atoms. The summed E-state index contributed by atoms with van der Waals surface area (Å²) < 4.78 is 15.0. The maximum Gasteiger partial charge on any atom is 0.196 e. The Morgan fingerprint density at radius 1 is 1.48 bits per heavy atom. The highest BCUT2D eigenvalue weighted by Crippen LogP contribution is 2.31. The summed E-state index contributed by atoms with van der Waals surface area (Å²) >= 11 is 1.25. The van der Waals surface area contributed by atoms with Gasteiger partial charge in [-0.25, -0.2) is 0 Å². The fraction of sp³-hybridized carbons (Fsp3) is 0.267. The largest absolute Gasteiger partial charge is 0.494 e. The van der Waals surface area contributed by atoms with Gasteiger partial charge in [0, 0.05) is 11.0 Å². The number of aromatic nitrogens is 2. The van der Waals surface area contributed by atoms with E-state index in [9.17, 15) is 4.79 Å². The van der Waals surface area contributed by atoms with Crippen LogP contribution >= 0.6 is 11.5 Å². The molecule has 5 nitrogen and oxygen atoms in total. The third-order valence-corrected chi connectivity index (χ3v) is 3.57. The summed E-state index contributed by atoms with van der Waals surface area (Å²) in [6, 6.07) is 5.33. The predicted octanol–water partition coefficient (Wildman–Crippen LogP) is 2.99. The second-order valence-corrected chi connectivity index (χ2v) is 5.23. The zero-order chi connectivity index (χ0) is 14.7. The lowest BCUT2D eigenvalue weighted by Crippen LogP contribution is -2.19. The average molecular weight is 302 g/mol. The van der Waals surface area contributed by atoms with Crippen molar-refractivity contribution in [2.75, 3.05) is 13.2 Å². The van der Waals surface area contributed by atoms with Gasteiger partial charge in [0.15, 0.2) is 5.78 Å². The monoisotopic (exact) mass is 302 g/mol. The van der Waals surface area contributed by atoms with Gasteiger partial charge in [0.25, 0.3) is 0 Å². The Labute approximate surface area is 126 Å². The molecular weight excluding hydrogens is 288 g/mol. The van der Waals surface area contributed by atoms with E-state index in [2.05, 4.69) is 9.59 Å². The predicted molar refractivity (Wildman–Crippen MR) is 79.9 cm³/mol. The zero-order valence-electron chi connectivity index (χ0n) is 11.5. The molecule has 0 radical (unpaired) electrons. The molecule has 0 saturated heterocycles. The lowest BCUT2D eigenvalue weighted by molar-refractivity contribution is 0.1000. The number of carbonyl (C=O) groups is 1. The molecule has 3 rings (SSSR count). The quantitative estimate of drug-likeness (QED) is 0.813. The molecule has 0 atom stereocenters. The van der Waals surface area contributed by atoms with Crippen LogP contribution in [0, 0.1) is 0 Å². The third kappa shape index (κ3) is 2.95. The smallest absolute Gasteiger partial charge is 0.196 e. The standard InChI is InChI=1S/C15H14N2O3S/c1-2-5-19-12-3-4-14-13(7-12)15(18)10(8-20-14)6-11-9-21-17-16-11/h3-4,6-7,9H,2,5,8H2,1H3/b10-6-. The van der Waals surface area contributed by atoms with Gasteiger partial charge in [-0.15, -0.1) is 5.10 Å². The minimum Gasteiger partial charge on any atom is -0.494 e. The SMILES string of the molecule is CCCOc1ccc2c(c1)C(=O)/C(=C\c1csnn1)CO2. The lowest BCUT2D eigenvalue weighted by atomic mass is 9.99. The Morgan fingerprint density at radius 3 is 3.14 bits per heavy atom. The van der Waals surface area contributed by atoms with Crippen molar-refractivity contribution in [1.29, 1.82) is 0 Å². The molecule has 6 heteroatoms. The molecule has 108 valence electrons. The fourth-order valence-electron chi connectivity index (χ4n) is 2.04. The number of nitrogens with zero attached hydrogens (tertiary/aromatic N) is 2. The highest BCUT2D eigenvalue weighted by molar-refractivity contribution is 7.03. The second kappa shape index (κ2) is 6.05. The van der Waals surface area contributed by atoms with Crippen LogP contribution < -0.4 is 9.47 Å². The summed E-state index contributed by atoms with van der Waals surface area (Å²) in [6.07, 6.45) is 2.64. The number of ketones is 1. The van der Waals surface area contributed by atoms with E-state index in [1.54, 1.807) is 23.6 Å². The van der Waals surface area contributed by atoms with Gasteiger partial charge in [0.1, 0.15) is 18.1 Å². The summed E-state index contributed by atoms with van der Waals surface area (Å²) in [7, 11) is 0. The summed E-state index contributed by atoms with van der Waals surface area (Å²) in [5.74, 6) is 1.23. The van der Waals surface area contributed by atoms with Gasteiger partial charge in [-0.05, 0) is 42.2 Å². The fourth-order valence-corrected chi connectivity index (χ4v) is 2.45. The van der Waals surface area contributed by atoms with Crippen molar-refractivity contribution >= 4 is 23.4 Å². The number of hydrogen-bond acceptors (Lipinski definition) is 6. The van der Waals surface area contributed by atoms with Crippen LogP contribution in [0.2, 0.25) is 0 Å². The van der Waals surface area contributed by atoms with E-state index in [0.717, 1.165) is 6.42 Å². The van der Waals surface area contributed by atoms with Crippen molar-refractivity contribution < 1.29 is 14.3 Å². The first-order valence-electron chi connectivity index (χ1n) is 6.70. The molecule has 21 heavy (non-hydrogen) atoms. The van der Waals surface area contributed by atoms with Crippen LogP contribution in [-0.2, 0) is 0 Å². The third-order valence-electron chi connectivity index (χ3n) is 3.04. The minimum absolute atomic E-state index is 0.0498. The molecule has 0 saturated carbocycles. The first kappa shape index (κ1) is 13.8. The molecular formula is C15H14N2O3S. The number of carbonyl (C=O) groups excluding carboxylic acids is 1. The maximum atomic E-state index is 12.5. The van der Waals surface area contributed by atoms with E-state index in [1.807, 2.05) is 13.0 Å². The van der Waals surface area contributed by atoms with Crippen LogP contribution in [0.5, 0.6) is 11.5 Å². The molecule has 1 aliphatic heterocycles. The van der Waals surface area contributed by atoms with Crippen LogP contribution in [-0.4, -0.2) is 28.6 Å². The molecule has 2 aromatic rings. The summed E-state index contributed by atoms with van der Waals surface area (Å²) in [5.41, 5.74) is 1.78. The van der Waals surface area contributed by atoms with Crippen LogP contribution in [0.15, 0.2) is 29.2 Å². The first-order chi connectivity index (χ1) is 10.3. The Hall–Kier alpha value is -2.21. The highest BCUT2D eigenvalue weighted by Gasteiger charge is 2.24. The minimum atomic E-state index is -0.0498. The summed E-state index contributed by atoms with van der Waals surface area (Å²) in [5, 5.41) is 5.71. The van der Waals surface area contributed by atoms with Gasteiger partial charge in [0.05, 0.1) is 17.9 Å². The van der Waals surface area contributed by atoms with Gasteiger partial charge in [0.2, 0.25) is 0 Å². The maximum absolute atomic E-state index is 12.5. The van der Waals surface area contributed by atoms with Crippen LogP contribution in [0.1, 0.15) is 29.4 Å². The van der Waals surface area contributed by atoms with Gasteiger partial charge in [-0.3, -0.25) is 4.79 Å². The Bertz CT molecular complexity index is 680. The molecule has 1 aromatic carbocycles. The molecule has 0 aliphatic carbocycles. The Balaban J connectivity index is 1.89. The number of fused-ring (bicyclic) bond motifs is 1. The van der Waals surface area contributed by atoms with E-state index in [1.165, 1.54) is 11.5 Å². The molecule has 0 N–H and O–H groups in total. The lowest BCUT2D eigenvalue weighted by Gasteiger charge is -2.19. The number of rotatable bonds is 4. The zero-order valence-corrected chi connectivity index (χ0v) is 12.4. The van der Waals surface area contributed by atoms with E-state index in [0.29, 0.717) is 34.9 Å². The Morgan fingerprint density at radius 2 is 2.38 bits per heavy atom. The van der Waals surface area contributed by atoms with Gasteiger partial charge >= 0.3 is 0 Å². The molecule has 1 aliphatic rings. The van der Waals surface area contributed by atoms with E-state index >= 15 is 0 Å². The Kier molecular flexibility index (Phi) is 3.96. The van der Waals surface area contributed by atoms with E-state index in [-0.39, 0.29) is 12.4 Å². The summed E-state index contributed by atoms with van der Waals surface area (Å²) in [4.78, 5) is 12.5. The van der Waals surface area contributed by atoms with Crippen LogP contribution in [0.25, 0.3) is 6.08 Å². The topological polar surface area (TPSA) is 61.3 Å². The van der Waals surface area contributed by atoms with Crippen molar-refractivity contribution in [3.05, 3.63) is 40.4 Å².